The minimum atomic E-state index is -2.56. The predicted molar refractivity (Wildman–Crippen MR) is 72.0 cm³/mol. The van der Waals surface area contributed by atoms with Crippen LogP contribution in [0.2, 0.25) is 0 Å². The van der Waals surface area contributed by atoms with Gasteiger partial charge in [0.25, 0.3) is 6.43 Å². The van der Waals surface area contributed by atoms with Crippen molar-refractivity contribution >= 4 is 0 Å². The number of nitriles is 1. The molecule has 0 radical (unpaired) electrons. The number of nitrogens with zero attached hydrogens (tertiary/aromatic N) is 1. The smallest absolute Gasteiger partial charge is 0.263 e. The van der Waals surface area contributed by atoms with Gasteiger partial charge in [-0.15, -0.1) is 0 Å². The first-order valence-electron chi connectivity index (χ1n) is 6.96. The second-order valence-electron chi connectivity index (χ2n) is 5.84. The molecule has 20 heavy (non-hydrogen) atoms. The molecule has 4 heteroatoms. The van der Waals surface area contributed by atoms with E-state index < -0.39 is 17.9 Å². The fourth-order valence-electron chi connectivity index (χ4n) is 3.19. The van der Waals surface area contributed by atoms with Gasteiger partial charge in [0.2, 0.25) is 0 Å². The average Bonchev–Trinajstić information content (AvgIpc) is 2.46. The first-order valence-corrected chi connectivity index (χ1v) is 6.96. The molecule has 1 aliphatic carbocycles. The van der Waals surface area contributed by atoms with E-state index in [9.17, 15) is 19.1 Å². The highest BCUT2D eigenvalue weighted by atomic mass is 19.3. The van der Waals surface area contributed by atoms with E-state index in [0.29, 0.717) is 24.3 Å². The van der Waals surface area contributed by atoms with Gasteiger partial charge in [-0.25, -0.2) is 8.78 Å². The van der Waals surface area contributed by atoms with Gasteiger partial charge in [-0.05, 0) is 30.4 Å². The van der Waals surface area contributed by atoms with E-state index in [4.69, 9.17) is 0 Å². The Morgan fingerprint density at radius 2 is 2.10 bits per heavy atom. The Hall–Kier alpha value is -1.47. The van der Waals surface area contributed by atoms with Crippen molar-refractivity contribution in [3.8, 4) is 6.07 Å². The third kappa shape index (κ3) is 2.83. The highest BCUT2D eigenvalue weighted by Gasteiger charge is 2.42. The summed E-state index contributed by atoms with van der Waals surface area (Å²) in [5, 5.41) is 20.1. The number of aliphatic hydroxyl groups excluding tert-OH is 1. The van der Waals surface area contributed by atoms with Gasteiger partial charge in [-0.1, -0.05) is 38.0 Å². The van der Waals surface area contributed by atoms with Crippen molar-refractivity contribution in [2.45, 2.75) is 45.1 Å². The summed E-state index contributed by atoms with van der Waals surface area (Å²) in [6, 6.07) is 8.04. The van der Waals surface area contributed by atoms with Crippen molar-refractivity contribution in [1.82, 2.24) is 0 Å². The number of benzene rings is 1. The van der Waals surface area contributed by atoms with Gasteiger partial charge < -0.3 is 5.11 Å². The molecule has 3 atom stereocenters. The Balaban J connectivity index is 2.31. The minimum absolute atomic E-state index is 0.113. The topological polar surface area (TPSA) is 44.0 Å². The van der Waals surface area contributed by atoms with Gasteiger partial charge in [0.05, 0.1) is 17.6 Å². The van der Waals surface area contributed by atoms with Gasteiger partial charge in [0.1, 0.15) is 0 Å². The van der Waals surface area contributed by atoms with Crippen molar-refractivity contribution < 1.29 is 13.9 Å². The molecule has 0 saturated heterocycles. The summed E-state index contributed by atoms with van der Waals surface area (Å²) in [6.07, 6.45) is -0.398. The highest BCUT2D eigenvalue weighted by Crippen LogP contribution is 2.47. The van der Waals surface area contributed by atoms with E-state index in [0.717, 1.165) is 12.8 Å². The van der Waals surface area contributed by atoms with Crippen LogP contribution in [-0.4, -0.2) is 5.11 Å². The van der Waals surface area contributed by atoms with Crippen LogP contribution in [0.15, 0.2) is 24.3 Å². The lowest BCUT2D eigenvalue weighted by atomic mass is 9.66. The molecule has 1 saturated carbocycles. The summed E-state index contributed by atoms with van der Waals surface area (Å²) in [4.78, 5) is 0. The van der Waals surface area contributed by atoms with Crippen LogP contribution < -0.4 is 0 Å². The summed E-state index contributed by atoms with van der Waals surface area (Å²) in [5.41, 5.74) is -0.546. The Labute approximate surface area is 118 Å². The van der Waals surface area contributed by atoms with E-state index in [1.807, 2.05) is 0 Å². The van der Waals surface area contributed by atoms with E-state index in [1.165, 1.54) is 18.2 Å². The zero-order chi connectivity index (χ0) is 14.8. The maximum atomic E-state index is 12.7. The Kier molecular flexibility index (Phi) is 4.39. The highest BCUT2D eigenvalue weighted by molar-refractivity contribution is 5.29. The van der Waals surface area contributed by atoms with Crippen molar-refractivity contribution in [2.24, 2.45) is 11.3 Å². The maximum absolute atomic E-state index is 12.7. The van der Waals surface area contributed by atoms with E-state index in [1.54, 1.807) is 6.07 Å². The molecule has 3 unspecified atom stereocenters. The molecule has 2 rings (SSSR count). The second kappa shape index (κ2) is 5.88. The number of halogens is 2. The van der Waals surface area contributed by atoms with Crippen LogP contribution >= 0.6 is 0 Å². The summed E-state index contributed by atoms with van der Waals surface area (Å²) in [6.45, 7) is 2.06. The monoisotopic (exact) mass is 279 g/mol. The molecule has 0 aromatic heterocycles. The number of hydrogen-bond donors (Lipinski definition) is 1. The Morgan fingerprint density at radius 1 is 1.40 bits per heavy atom. The molecule has 0 bridgehead atoms. The molecule has 2 nitrogen and oxygen atoms in total. The fourth-order valence-corrected chi connectivity index (χ4v) is 3.19. The van der Waals surface area contributed by atoms with Gasteiger partial charge in [-0.2, -0.15) is 5.26 Å². The van der Waals surface area contributed by atoms with E-state index in [2.05, 4.69) is 13.0 Å². The van der Waals surface area contributed by atoms with Crippen molar-refractivity contribution in [2.75, 3.05) is 0 Å². The van der Waals surface area contributed by atoms with E-state index in [-0.39, 0.29) is 5.56 Å². The maximum Gasteiger partial charge on any atom is 0.263 e. The summed E-state index contributed by atoms with van der Waals surface area (Å²) < 4.78 is 25.5. The normalized spacial score (nSPS) is 28.1. The zero-order valence-electron chi connectivity index (χ0n) is 11.5. The van der Waals surface area contributed by atoms with Crippen molar-refractivity contribution in [3.05, 3.63) is 35.4 Å². The third-order valence-corrected chi connectivity index (χ3v) is 4.26. The van der Waals surface area contributed by atoms with Gasteiger partial charge in [0, 0.05) is 5.56 Å². The fraction of sp³-hybridized carbons (Fsp3) is 0.562. The molecule has 0 heterocycles. The lowest BCUT2D eigenvalue weighted by Crippen LogP contribution is -2.33. The number of alkyl halides is 2. The molecule has 108 valence electrons. The third-order valence-electron chi connectivity index (χ3n) is 4.26. The Bertz CT molecular complexity index is 511. The SMILES string of the molecule is CC1CCCC(C#N)(C(O)c2cccc(C(F)F)c2)C1. The van der Waals surface area contributed by atoms with Crippen LogP contribution in [0.1, 0.15) is 56.3 Å². The quantitative estimate of drug-likeness (QED) is 0.892. The molecule has 1 aliphatic rings. The lowest BCUT2D eigenvalue weighted by molar-refractivity contribution is 0.0217. The van der Waals surface area contributed by atoms with Crippen LogP contribution in [0, 0.1) is 22.7 Å². The molecule has 0 spiro atoms. The van der Waals surface area contributed by atoms with Crippen LogP contribution in [0.3, 0.4) is 0 Å². The van der Waals surface area contributed by atoms with Crippen molar-refractivity contribution in [1.29, 1.82) is 5.26 Å². The Morgan fingerprint density at radius 3 is 2.70 bits per heavy atom. The van der Waals surface area contributed by atoms with E-state index >= 15 is 0 Å². The molecule has 0 amide bonds. The molecule has 1 fully saturated rings. The van der Waals surface area contributed by atoms with Crippen LogP contribution in [0.4, 0.5) is 8.78 Å². The molecule has 1 aromatic rings. The first-order chi connectivity index (χ1) is 9.48. The molecule has 0 aliphatic heterocycles. The summed E-state index contributed by atoms with van der Waals surface area (Å²) >= 11 is 0. The standard InChI is InChI=1S/C16H19F2NO/c1-11-4-3-7-16(9-11,10-19)14(20)12-5-2-6-13(8-12)15(17)18/h2,5-6,8,11,14-15,20H,3-4,7,9H2,1H3. The second-order valence-corrected chi connectivity index (χ2v) is 5.84. The number of rotatable bonds is 3. The van der Waals surface area contributed by atoms with Crippen LogP contribution in [-0.2, 0) is 0 Å². The first kappa shape index (κ1) is 14.9. The van der Waals surface area contributed by atoms with Crippen LogP contribution in [0.5, 0.6) is 0 Å². The molecular formula is C16H19F2NO. The predicted octanol–water partition coefficient (Wildman–Crippen LogP) is 4.38. The zero-order valence-corrected chi connectivity index (χ0v) is 11.5. The van der Waals surface area contributed by atoms with Crippen LogP contribution in [0.25, 0.3) is 0 Å². The summed E-state index contributed by atoms with van der Waals surface area (Å²) in [7, 11) is 0. The van der Waals surface area contributed by atoms with Gasteiger partial charge in [0.15, 0.2) is 0 Å². The molecule has 1 aromatic carbocycles. The average molecular weight is 279 g/mol. The van der Waals surface area contributed by atoms with Crippen molar-refractivity contribution in [3.63, 3.8) is 0 Å². The lowest BCUT2D eigenvalue weighted by Gasteiger charge is -2.38. The number of aliphatic hydroxyl groups is 1. The molecule has 1 N–H and O–H groups in total. The van der Waals surface area contributed by atoms with Gasteiger partial charge in [-0.3, -0.25) is 0 Å². The number of hydrogen-bond acceptors (Lipinski definition) is 2. The largest absolute Gasteiger partial charge is 0.387 e. The van der Waals surface area contributed by atoms with Gasteiger partial charge >= 0.3 is 0 Å². The molecular weight excluding hydrogens is 260 g/mol. The summed E-state index contributed by atoms with van der Waals surface area (Å²) in [5.74, 6) is 0.372. The minimum Gasteiger partial charge on any atom is -0.387 e.